The zero-order chi connectivity index (χ0) is 15.5. The highest BCUT2D eigenvalue weighted by molar-refractivity contribution is 5.02. The number of fused-ring (bicyclic) bond motifs is 1. The Hall–Kier alpha value is -1.95. The molecule has 1 aliphatic heterocycles. The molecule has 0 amide bonds. The van der Waals surface area contributed by atoms with Crippen LogP contribution in [-0.4, -0.2) is 38.0 Å². The van der Waals surface area contributed by atoms with E-state index in [1.165, 1.54) is 12.2 Å². The van der Waals surface area contributed by atoms with Gasteiger partial charge in [-0.3, -0.25) is 9.69 Å². The number of aromatic amines is 1. The number of aryl methyl sites for hydroxylation is 2. The van der Waals surface area contributed by atoms with Crippen molar-refractivity contribution in [1.29, 1.82) is 0 Å². The van der Waals surface area contributed by atoms with Crippen LogP contribution in [0.15, 0.2) is 23.3 Å². The fourth-order valence-electron chi connectivity index (χ4n) is 3.17. The second-order valence-electron chi connectivity index (χ2n) is 6.13. The molecule has 22 heavy (non-hydrogen) atoms. The lowest BCUT2D eigenvalue weighted by atomic mass is 9.99. The molecule has 6 nitrogen and oxygen atoms in total. The van der Waals surface area contributed by atoms with Gasteiger partial charge in [0.1, 0.15) is 11.6 Å². The van der Waals surface area contributed by atoms with Crippen LogP contribution >= 0.6 is 0 Å². The Morgan fingerprint density at radius 1 is 1.50 bits per heavy atom. The highest BCUT2D eigenvalue weighted by Gasteiger charge is 2.20. The number of hydrogen-bond donors (Lipinski definition) is 1. The molecule has 1 unspecified atom stereocenters. The normalized spacial score (nSPS) is 17.7. The Balaban J connectivity index is 1.60. The first-order valence-electron chi connectivity index (χ1n) is 7.91. The van der Waals surface area contributed by atoms with Gasteiger partial charge in [-0.25, -0.2) is 9.97 Å². The summed E-state index contributed by atoms with van der Waals surface area (Å²) >= 11 is 0. The molecule has 3 heterocycles. The minimum Gasteiger partial charge on any atom is -0.335 e. The van der Waals surface area contributed by atoms with E-state index in [4.69, 9.17) is 0 Å². The lowest BCUT2D eigenvalue weighted by molar-refractivity contribution is 0.225. The molecule has 0 bridgehead atoms. The molecular formula is C16H23N5O. The fraction of sp³-hybridized carbons (Fsp3) is 0.562. The van der Waals surface area contributed by atoms with Gasteiger partial charge < -0.3 is 9.55 Å². The third kappa shape index (κ3) is 3.44. The SMILES string of the molecule is CCc1cc(=O)[nH]c(CN(C)CC2CCc3nccn3C2)n1. The summed E-state index contributed by atoms with van der Waals surface area (Å²) < 4.78 is 2.25. The maximum atomic E-state index is 11.6. The summed E-state index contributed by atoms with van der Waals surface area (Å²) in [6, 6.07) is 1.57. The molecule has 1 aliphatic rings. The predicted molar refractivity (Wildman–Crippen MR) is 84.6 cm³/mol. The van der Waals surface area contributed by atoms with Crippen LogP contribution in [0.2, 0.25) is 0 Å². The Kier molecular flexibility index (Phi) is 4.38. The molecule has 3 rings (SSSR count). The Labute approximate surface area is 130 Å². The highest BCUT2D eigenvalue weighted by Crippen LogP contribution is 2.19. The van der Waals surface area contributed by atoms with Crippen molar-refractivity contribution >= 4 is 0 Å². The second kappa shape index (κ2) is 6.44. The number of nitrogens with one attached hydrogen (secondary N) is 1. The number of aromatic nitrogens is 4. The largest absolute Gasteiger partial charge is 0.335 e. The average molecular weight is 301 g/mol. The molecule has 2 aromatic rings. The number of nitrogens with zero attached hydrogens (tertiary/aromatic N) is 4. The van der Waals surface area contributed by atoms with Gasteiger partial charge in [0.15, 0.2) is 0 Å². The monoisotopic (exact) mass is 301 g/mol. The summed E-state index contributed by atoms with van der Waals surface area (Å²) in [7, 11) is 2.09. The Morgan fingerprint density at radius 3 is 3.18 bits per heavy atom. The van der Waals surface area contributed by atoms with Crippen LogP contribution in [0, 0.1) is 5.92 Å². The summed E-state index contributed by atoms with van der Waals surface area (Å²) in [5, 5.41) is 0. The standard InChI is InChI=1S/C16H23N5O/c1-3-13-8-16(22)19-14(18-13)11-20(2)9-12-4-5-15-17-6-7-21(15)10-12/h6-8,12H,3-5,9-11H2,1-2H3,(H,18,19,22). The van der Waals surface area contributed by atoms with E-state index in [2.05, 4.69) is 37.7 Å². The number of H-pyrrole nitrogens is 1. The highest BCUT2D eigenvalue weighted by atomic mass is 16.1. The number of imidazole rings is 1. The van der Waals surface area contributed by atoms with E-state index < -0.39 is 0 Å². The summed E-state index contributed by atoms with van der Waals surface area (Å²) in [4.78, 5) is 25.6. The van der Waals surface area contributed by atoms with Gasteiger partial charge in [0.25, 0.3) is 5.56 Å². The molecule has 0 radical (unpaired) electrons. The summed E-state index contributed by atoms with van der Waals surface area (Å²) in [6.45, 7) is 4.71. The molecule has 0 spiro atoms. The van der Waals surface area contributed by atoms with Gasteiger partial charge >= 0.3 is 0 Å². The Morgan fingerprint density at radius 2 is 2.36 bits per heavy atom. The third-order valence-corrected chi connectivity index (χ3v) is 4.23. The zero-order valence-corrected chi connectivity index (χ0v) is 13.2. The smallest absolute Gasteiger partial charge is 0.251 e. The predicted octanol–water partition coefficient (Wildman–Crippen LogP) is 1.22. The maximum absolute atomic E-state index is 11.6. The quantitative estimate of drug-likeness (QED) is 0.902. The molecule has 0 aliphatic carbocycles. The first-order chi connectivity index (χ1) is 10.6. The zero-order valence-electron chi connectivity index (χ0n) is 13.2. The average Bonchev–Trinajstić information content (AvgIpc) is 2.93. The first-order valence-corrected chi connectivity index (χ1v) is 7.91. The van der Waals surface area contributed by atoms with Crippen molar-refractivity contribution in [3.63, 3.8) is 0 Å². The molecule has 118 valence electrons. The van der Waals surface area contributed by atoms with E-state index in [0.717, 1.165) is 37.4 Å². The molecule has 0 aromatic carbocycles. The lowest BCUT2D eigenvalue weighted by Crippen LogP contribution is -2.32. The van der Waals surface area contributed by atoms with Crippen molar-refractivity contribution in [2.24, 2.45) is 5.92 Å². The van der Waals surface area contributed by atoms with Gasteiger partial charge in [0.2, 0.25) is 0 Å². The molecule has 1 N–H and O–H groups in total. The van der Waals surface area contributed by atoms with E-state index in [9.17, 15) is 4.79 Å². The van der Waals surface area contributed by atoms with Crippen molar-refractivity contribution in [3.8, 4) is 0 Å². The van der Waals surface area contributed by atoms with Crippen molar-refractivity contribution in [1.82, 2.24) is 24.4 Å². The topological polar surface area (TPSA) is 66.8 Å². The molecule has 1 atom stereocenters. The van der Waals surface area contributed by atoms with Gasteiger partial charge in [0.05, 0.1) is 6.54 Å². The van der Waals surface area contributed by atoms with Crippen LogP contribution < -0.4 is 5.56 Å². The van der Waals surface area contributed by atoms with E-state index in [0.29, 0.717) is 12.5 Å². The van der Waals surface area contributed by atoms with Crippen LogP contribution in [0.4, 0.5) is 0 Å². The number of hydrogen-bond acceptors (Lipinski definition) is 4. The molecule has 0 fully saturated rings. The van der Waals surface area contributed by atoms with Crippen LogP contribution in [0.5, 0.6) is 0 Å². The molecule has 0 saturated heterocycles. The third-order valence-electron chi connectivity index (χ3n) is 4.23. The van der Waals surface area contributed by atoms with Gasteiger partial charge in [-0.2, -0.15) is 0 Å². The molecule has 2 aromatic heterocycles. The van der Waals surface area contributed by atoms with Gasteiger partial charge in [-0.05, 0) is 25.8 Å². The van der Waals surface area contributed by atoms with Crippen LogP contribution in [0.25, 0.3) is 0 Å². The first kappa shape index (κ1) is 15.0. The van der Waals surface area contributed by atoms with Gasteiger partial charge in [0, 0.05) is 43.7 Å². The van der Waals surface area contributed by atoms with E-state index in [-0.39, 0.29) is 5.56 Å². The van der Waals surface area contributed by atoms with Crippen LogP contribution in [-0.2, 0) is 25.9 Å². The fourth-order valence-corrected chi connectivity index (χ4v) is 3.17. The van der Waals surface area contributed by atoms with Crippen LogP contribution in [0.3, 0.4) is 0 Å². The molecule has 6 heteroatoms. The van der Waals surface area contributed by atoms with Crippen LogP contribution in [0.1, 0.15) is 30.7 Å². The van der Waals surface area contributed by atoms with Gasteiger partial charge in [-0.1, -0.05) is 6.92 Å². The van der Waals surface area contributed by atoms with Crippen molar-refractivity contribution in [2.75, 3.05) is 13.6 Å². The maximum Gasteiger partial charge on any atom is 0.251 e. The minimum absolute atomic E-state index is 0.0593. The van der Waals surface area contributed by atoms with Crippen molar-refractivity contribution < 1.29 is 0 Å². The second-order valence-corrected chi connectivity index (χ2v) is 6.13. The van der Waals surface area contributed by atoms with E-state index in [1.807, 2.05) is 13.1 Å². The van der Waals surface area contributed by atoms with Gasteiger partial charge in [-0.15, -0.1) is 0 Å². The Bertz CT molecular complexity index is 690. The number of rotatable bonds is 5. The summed E-state index contributed by atoms with van der Waals surface area (Å²) in [5.74, 6) is 2.57. The minimum atomic E-state index is -0.0593. The lowest BCUT2D eigenvalue weighted by Gasteiger charge is -2.27. The molecule has 0 saturated carbocycles. The summed E-state index contributed by atoms with van der Waals surface area (Å²) in [6.07, 6.45) is 6.94. The van der Waals surface area contributed by atoms with Crippen molar-refractivity contribution in [3.05, 3.63) is 46.2 Å². The summed E-state index contributed by atoms with van der Waals surface area (Å²) in [5.41, 5.74) is 0.795. The van der Waals surface area contributed by atoms with E-state index >= 15 is 0 Å². The van der Waals surface area contributed by atoms with Crippen molar-refractivity contribution in [2.45, 2.75) is 39.3 Å². The molecular weight excluding hydrogens is 278 g/mol. The van der Waals surface area contributed by atoms with E-state index in [1.54, 1.807) is 6.07 Å².